The first-order valence-electron chi connectivity index (χ1n) is 6.62. The van der Waals surface area contributed by atoms with Crippen molar-refractivity contribution in [3.05, 3.63) is 0 Å². The summed E-state index contributed by atoms with van der Waals surface area (Å²) in [6, 6.07) is 0. The summed E-state index contributed by atoms with van der Waals surface area (Å²) in [7, 11) is 0. The predicted molar refractivity (Wildman–Crippen MR) is 67.5 cm³/mol. The van der Waals surface area contributed by atoms with Gasteiger partial charge in [-0.25, -0.2) is 0 Å². The molecule has 0 amide bonds. The Bertz CT molecular complexity index is 166. The second-order valence-electron chi connectivity index (χ2n) is 4.61. The molecule has 0 radical (unpaired) electrons. The van der Waals surface area contributed by atoms with Crippen molar-refractivity contribution < 1.29 is 5.11 Å². The Hall–Kier alpha value is -0.160. The molecule has 1 aliphatic rings. The van der Waals surface area contributed by atoms with Crippen molar-refractivity contribution in [3.8, 4) is 0 Å². The fraction of sp³-hybridized carbons (Fsp3) is 1.00. The Morgan fingerprint density at radius 3 is 2.06 bits per heavy atom. The third-order valence-electron chi connectivity index (χ3n) is 3.24. The minimum Gasteiger partial charge on any atom is -0.396 e. The number of unbranched alkanes of at least 4 members (excludes halogenated alkanes) is 1. The standard InChI is InChI=1S/C12H27N3O/c13-5-3-7-15-9-4-8-14(10-11-15)6-1-2-12-16/h16H,1-13H2. The fourth-order valence-corrected chi connectivity index (χ4v) is 2.23. The van der Waals surface area contributed by atoms with E-state index in [-0.39, 0.29) is 0 Å². The molecule has 4 heteroatoms. The van der Waals surface area contributed by atoms with E-state index in [0.29, 0.717) is 6.61 Å². The zero-order valence-corrected chi connectivity index (χ0v) is 10.4. The molecule has 0 aromatic carbocycles. The summed E-state index contributed by atoms with van der Waals surface area (Å²) >= 11 is 0. The summed E-state index contributed by atoms with van der Waals surface area (Å²) in [6.07, 6.45) is 4.45. The summed E-state index contributed by atoms with van der Waals surface area (Å²) in [5.41, 5.74) is 5.53. The molecule has 1 fully saturated rings. The third kappa shape index (κ3) is 5.80. The second kappa shape index (κ2) is 8.93. The van der Waals surface area contributed by atoms with E-state index in [1.54, 1.807) is 0 Å². The zero-order valence-electron chi connectivity index (χ0n) is 10.4. The van der Waals surface area contributed by atoms with E-state index in [4.69, 9.17) is 10.8 Å². The van der Waals surface area contributed by atoms with Crippen molar-refractivity contribution in [2.24, 2.45) is 5.73 Å². The van der Waals surface area contributed by atoms with Crippen LogP contribution in [0.15, 0.2) is 0 Å². The molecule has 0 aromatic rings. The van der Waals surface area contributed by atoms with Gasteiger partial charge in [-0.2, -0.15) is 0 Å². The lowest BCUT2D eigenvalue weighted by atomic mass is 10.3. The van der Waals surface area contributed by atoms with Gasteiger partial charge in [0.15, 0.2) is 0 Å². The van der Waals surface area contributed by atoms with Crippen molar-refractivity contribution in [3.63, 3.8) is 0 Å². The van der Waals surface area contributed by atoms with Crippen LogP contribution in [-0.4, -0.2) is 67.3 Å². The van der Waals surface area contributed by atoms with Crippen LogP contribution in [0.2, 0.25) is 0 Å². The SMILES string of the molecule is NCCCN1CCCN(CCCCO)CC1. The van der Waals surface area contributed by atoms with E-state index in [1.165, 1.54) is 32.6 Å². The average Bonchev–Trinajstić information content (AvgIpc) is 2.52. The van der Waals surface area contributed by atoms with Crippen molar-refractivity contribution in [2.75, 3.05) is 52.4 Å². The van der Waals surface area contributed by atoms with Gasteiger partial charge in [-0.15, -0.1) is 0 Å². The van der Waals surface area contributed by atoms with Crippen LogP contribution in [0.4, 0.5) is 0 Å². The van der Waals surface area contributed by atoms with Crippen LogP contribution in [-0.2, 0) is 0 Å². The maximum Gasteiger partial charge on any atom is 0.0431 e. The van der Waals surface area contributed by atoms with E-state index < -0.39 is 0 Å². The molecule has 16 heavy (non-hydrogen) atoms. The molecular formula is C12H27N3O. The quantitative estimate of drug-likeness (QED) is 0.609. The number of aliphatic hydroxyl groups excluding tert-OH is 1. The van der Waals surface area contributed by atoms with Crippen LogP contribution in [0.3, 0.4) is 0 Å². The van der Waals surface area contributed by atoms with Crippen molar-refractivity contribution in [2.45, 2.75) is 25.7 Å². The van der Waals surface area contributed by atoms with Gasteiger partial charge in [0.25, 0.3) is 0 Å². The molecule has 1 heterocycles. The molecule has 96 valence electrons. The minimum absolute atomic E-state index is 0.330. The molecule has 0 aliphatic carbocycles. The predicted octanol–water partition coefficient (Wildman–Crippen LogP) is 0.115. The van der Waals surface area contributed by atoms with Gasteiger partial charge in [0.2, 0.25) is 0 Å². The monoisotopic (exact) mass is 229 g/mol. The Morgan fingerprint density at radius 1 is 0.875 bits per heavy atom. The Labute approximate surface area is 99.4 Å². The lowest BCUT2D eigenvalue weighted by molar-refractivity contribution is 0.237. The topological polar surface area (TPSA) is 52.7 Å². The Kier molecular flexibility index (Phi) is 7.76. The highest BCUT2D eigenvalue weighted by Crippen LogP contribution is 2.04. The molecule has 1 saturated heterocycles. The van der Waals surface area contributed by atoms with E-state index >= 15 is 0 Å². The molecule has 0 spiro atoms. The first kappa shape index (κ1) is 13.9. The largest absolute Gasteiger partial charge is 0.396 e. The van der Waals surface area contributed by atoms with Crippen molar-refractivity contribution in [1.29, 1.82) is 0 Å². The van der Waals surface area contributed by atoms with Gasteiger partial charge in [0, 0.05) is 19.7 Å². The third-order valence-corrected chi connectivity index (χ3v) is 3.24. The highest BCUT2D eigenvalue weighted by atomic mass is 16.2. The molecule has 0 unspecified atom stereocenters. The van der Waals surface area contributed by atoms with Gasteiger partial charge >= 0.3 is 0 Å². The van der Waals surface area contributed by atoms with Crippen molar-refractivity contribution >= 4 is 0 Å². The maximum atomic E-state index is 8.75. The van der Waals surface area contributed by atoms with Crippen LogP contribution in [0, 0.1) is 0 Å². The first-order chi connectivity index (χ1) is 7.86. The van der Waals surface area contributed by atoms with Gasteiger partial charge in [-0.1, -0.05) is 0 Å². The van der Waals surface area contributed by atoms with Gasteiger partial charge in [0.1, 0.15) is 0 Å². The van der Waals surface area contributed by atoms with Gasteiger partial charge in [-0.3, -0.25) is 0 Å². The van der Waals surface area contributed by atoms with Crippen molar-refractivity contribution in [1.82, 2.24) is 9.80 Å². The molecule has 3 N–H and O–H groups in total. The smallest absolute Gasteiger partial charge is 0.0431 e. The van der Waals surface area contributed by atoms with E-state index in [9.17, 15) is 0 Å². The molecule has 0 bridgehead atoms. The Balaban J connectivity index is 2.13. The number of nitrogens with zero attached hydrogens (tertiary/aromatic N) is 2. The number of nitrogens with two attached hydrogens (primary N) is 1. The van der Waals surface area contributed by atoms with Crippen LogP contribution in [0.25, 0.3) is 0 Å². The maximum absolute atomic E-state index is 8.75. The highest BCUT2D eigenvalue weighted by molar-refractivity contribution is 4.69. The lowest BCUT2D eigenvalue weighted by Gasteiger charge is -2.21. The summed E-state index contributed by atoms with van der Waals surface area (Å²) in [4.78, 5) is 5.05. The van der Waals surface area contributed by atoms with Crippen LogP contribution >= 0.6 is 0 Å². The lowest BCUT2D eigenvalue weighted by Crippen LogP contribution is -2.32. The summed E-state index contributed by atoms with van der Waals surface area (Å²) < 4.78 is 0. The number of rotatable bonds is 7. The molecular weight excluding hydrogens is 202 g/mol. The molecule has 1 rings (SSSR count). The number of hydrogen-bond donors (Lipinski definition) is 2. The summed E-state index contributed by atoms with van der Waals surface area (Å²) in [5, 5.41) is 8.75. The van der Waals surface area contributed by atoms with Gasteiger partial charge in [-0.05, 0) is 58.4 Å². The highest BCUT2D eigenvalue weighted by Gasteiger charge is 2.13. The normalized spacial score (nSPS) is 19.9. The van der Waals surface area contributed by atoms with Gasteiger partial charge < -0.3 is 20.6 Å². The molecule has 4 nitrogen and oxygen atoms in total. The zero-order chi connectivity index (χ0) is 11.6. The van der Waals surface area contributed by atoms with Crippen LogP contribution < -0.4 is 5.73 Å². The Morgan fingerprint density at radius 2 is 1.50 bits per heavy atom. The van der Waals surface area contributed by atoms with E-state index in [1.807, 2.05) is 0 Å². The molecule has 1 aliphatic heterocycles. The summed E-state index contributed by atoms with van der Waals surface area (Å²) in [6.45, 7) is 8.22. The number of aliphatic hydroxyl groups is 1. The second-order valence-corrected chi connectivity index (χ2v) is 4.61. The van der Waals surface area contributed by atoms with Crippen LogP contribution in [0.5, 0.6) is 0 Å². The van der Waals surface area contributed by atoms with Gasteiger partial charge in [0.05, 0.1) is 0 Å². The van der Waals surface area contributed by atoms with Crippen LogP contribution in [0.1, 0.15) is 25.7 Å². The summed E-state index contributed by atoms with van der Waals surface area (Å²) in [5.74, 6) is 0. The molecule has 0 saturated carbocycles. The number of hydrogen-bond acceptors (Lipinski definition) is 4. The molecule has 0 aromatic heterocycles. The molecule has 0 atom stereocenters. The minimum atomic E-state index is 0.330. The van der Waals surface area contributed by atoms with E-state index in [2.05, 4.69) is 9.80 Å². The first-order valence-corrected chi connectivity index (χ1v) is 6.62. The van der Waals surface area contributed by atoms with E-state index in [0.717, 1.165) is 38.9 Å². The average molecular weight is 229 g/mol. The fourth-order valence-electron chi connectivity index (χ4n) is 2.23.